The van der Waals surface area contributed by atoms with Gasteiger partial charge in [-0.3, -0.25) is 4.79 Å². The lowest BCUT2D eigenvalue weighted by Gasteiger charge is -2.40. The Kier molecular flexibility index (Phi) is 5.32. The topological polar surface area (TPSA) is 68.5 Å². The number of alkyl halides is 6. The molecule has 3 rings (SSSR count). The summed E-state index contributed by atoms with van der Waals surface area (Å²) in [6.45, 7) is -0.145. The Morgan fingerprint density at radius 2 is 1.76 bits per heavy atom. The highest BCUT2D eigenvalue weighted by molar-refractivity contribution is 5.83. The average molecular weight is 423 g/mol. The van der Waals surface area contributed by atoms with Crippen LogP contribution in [0.15, 0.2) is 28.8 Å². The summed E-state index contributed by atoms with van der Waals surface area (Å²) in [6, 6.07) is 5.44. The normalized spacial score (nSPS) is 16.4. The zero-order valence-electron chi connectivity index (χ0n) is 15.0. The van der Waals surface area contributed by atoms with E-state index in [0.29, 0.717) is 10.5 Å². The van der Waals surface area contributed by atoms with E-state index < -0.39 is 36.1 Å². The first-order valence-electron chi connectivity index (χ1n) is 8.31. The third-order valence-corrected chi connectivity index (χ3v) is 4.27. The highest BCUT2D eigenvalue weighted by atomic mass is 19.4. The van der Waals surface area contributed by atoms with Gasteiger partial charge >= 0.3 is 18.2 Å². The molecule has 0 bridgehead atoms. The van der Waals surface area contributed by atoms with Crippen LogP contribution in [0.2, 0.25) is 0 Å². The predicted octanol–water partition coefficient (Wildman–Crippen LogP) is 3.68. The van der Waals surface area contributed by atoms with Gasteiger partial charge in [0.25, 0.3) is 0 Å². The minimum atomic E-state index is -4.79. The minimum absolute atomic E-state index is 0.0402. The van der Waals surface area contributed by atoms with Crippen molar-refractivity contribution < 1.29 is 40.4 Å². The zero-order chi connectivity index (χ0) is 21.4. The average Bonchev–Trinajstić information content (AvgIpc) is 3.08. The van der Waals surface area contributed by atoms with Crippen LogP contribution in [0.25, 0.3) is 11.4 Å². The molecule has 1 aromatic carbocycles. The van der Waals surface area contributed by atoms with Crippen LogP contribution in [0.1, 0.15) is 18.4 Å². The molecule has 1 aromatic heterocycles. The Bertz CT molecular complexity index is 872. The number of halogens is 6. The lowest BCUT2D eigenvalue weighted by molar-refractivity contribution is -0.186. The number of hydrogen-bond acceptors (Lipinski definition) is 5. The first-order chi connectivity index (χ1) is 13.4. The molecule has 1 aliphatic rings. The molecule has 1 aliphatic heterocycles. The molecule has 0 saturated carbocycles. The number of nitrogens with zero attached hydrogens (tertiary/aromatic N) is 3. The van der Waals surface area contributed by atoms with E-state index in [0.717, 1.165) is 0 Å². The van der Waals surface area contributed by atoms with E-state index in [1.54, 1.807) is 0 Å². The second-order valence-electron chi connectivity index (χ2n) is 6.95. The second-order valence-corrected chi connectivity index (χ2v) is 6.95. The van der Waals surface area contributed by atoms with Crippen LogP contribution in [0, 0.1) is 5.41 Å². The van der Waals surface area contributed by atoms with E-state index in [9.17, 15) is 31.1 Å². The quantitative estimate of drug-likeness (QED) is 0.687. The predicted molar refractivity (Wildman–Crippen MR) is 85.1 cm³/mol. The van der Waals surface area contributed by atoms with Crippen molar-refractivity contribution >= 4 is 5.91 Å². The number of rotatable bonds is 5. The summed E-state index contributed by atoms with van der Waals surface area (Å²) in [7, 11) is 0. The molecule has 2 aromatic rings. The highest BCUT2D eigenvalue weighted by Gasteiger charge is 2.46. The summed E-state index contributed by atoms with van der Waals surface area (Å²) in [6.07, 6.45) is -9.37. The van der Waals surface area contributed by atoms with Gasteiger partial charge in [-0.2, -0.15) is 31.3 Å². The van der Waals surface area contributed by atoms with Gasteiger partial charge in [-0.25, -0.2) is 0 Å². The molecule has 29 heavy (non-hydrogen) atoms. The largest absolute Gasteiger partial charge is 0.471 e. The summed E-state index contributed by atoms with van der Waals surface area (Å²) < 4.78 is 85.4. The molecule has 12 heteroatoms. The molecule has 6 nitrogen and oxygen atoms in total. The van der Waals surface area contributed by atoms with E-state index in [1.807, 2.05) is 0 Å². The van der Waals surface area contributed by atoms with Crippen LogP contribution in [-0.2, 0) is 22.3 Å². The smallest absolute Gasteiger partial charge is 0.379 e. The number of carbonyl (C=O) groups excluding carboxylic acids is 1. The standard InChI is InChI=1S/C17H15F6N3O3/c1-15(8-28-9-15)14(27)26(7-16(18,19)20)6-10-2-4-11(5-3-10)12-24-13(29-25-12)17(21,22)23/h2-5H,6-9H2,1H3. The Hall–Kier alpha value is -2.63. The maximum atomic E-state index is 12.9. The van der Waals surface area contributed by atoms with E-state index >= 15 is 0 Å². The molecule has 0 atom stereocenters. The summed E-state index contributed by atoms with van der Waals surface area (Å²) in [5, 5.41) is 3.24. The molecule has 158 valence electrons. The molecule has 0 unspecified atom stereocenters. The number of amides is 1. The van der Waals surface area contributed by atoms with Crippen molar-refractivity contribution in [1.82, 2.24) is 15.0 Å². The number of hydrogen-bond donors (Lipinski definition) is 0. The molecule has 1 fully saturated rings. The van der Waals surface area contributed by atoms with Crippen LogP contribution in [0.5, 0.6) is 0 Å². The Morgan fingerprint density at radius 1 is 1.14 bits per heavy atom. The summed E-state index contributed by atoms with van der Waals surface area (Å²) in [5.41, 5.74) is -0.472. The number of aromatic nitrogens is 2. The van der Waals surface area contributed by atoms with E-state index in [2.05, 4.69) is 14.7 Å². The van der Waals surface area contributed by atoms with Crippen LogP contribution < -0.4 is 0 Å². The van der Waals surface area contributed by atoms with Gasteiger partial charge in [0.05, 0.1) is 18.6 Å². The van der Waals surface area contributed by atoms with Gasteiger partial charge in [0.15, 0.2) is 0 Å². The fraction of sp³-hybridized carbons (Fsp3) is 0.471. The molecular formula is C17H15F6N3O3. The van der Waals surface area contributed by atoms with Gasteiger partial charge in [-0.15, -0.1) is 0 Å². The fourth-order valence-corrected chi connectivity index (χ4v) is 2.76. The Balaban J connectivity index is 1.76. The number of benzene rings is 1. The lowest BCUT2D eigenvalue weighted by atomic mass is 9.86. The van der Waals surface area contributed by atoms with Crippen molar-refractivity contribution in [2.75, 3.05) is 19.8 Å². The van der Waals surface area contributed by atoms with Gasteiger partial charge in [-0.1, -0.05) is 29.4 Å². The van der Waals surface area contributed by atoms with Crippen molar-refractivity contribution in [3.63, 3.8) is 0 Å². The SMILES string of the molecule is CC1(C(=O)N(Cc2ccc(-c3noc(C(F)(F)F)n3)cc2)CC(F)(F)F)COC1. The molecule has 0 radical (unpaired) electrons. The number of carbonyl (C=O) groups is 1. The minimum Gasteiger partial charge on any atom is -0.379 e. The summed E-state index contributed by atoms with van der Waals surface area (Å²) in [5.74, 6) is -2.50. The van der Waals surface area contributed by atoms with Gasteiger partial charge in [-0.05, 0) is 12.5 Å². The summed E-state index contributed by atoms with van der Waals surface area (Å²) in [4.78, 5) is 16.4. The van der Waals surface area contributed by atoms with Crippen LogP contribution >= 0.6 is 0 Å². The molecule has 2 heterocycles. The van der Waals surface area contributed by atoms with Gasteiger partial charge in [0, 0.05) is 12.1 Å². The third kappa shape index (κ3) is 4.86. The maximum Gasteiger partial charge on any atom is 0.471 e. The molecule has 0 N–H and O–H groups in total. The first kappa shape index (κ1) is 21.1. The molecule has 0 spiro atoms. The van der Waals surface area contributed by atoms with E-state index in [4.69, 9.17) is 4.74 Å². The molecule has 1 amide bonds. The van der Waals surface area contributed by atoms with Crippen LogP contribution in [0.3, 0.4) is 0 Å². The maximum absolute atomic E-state index is 12.9. The van der Waals surface area contributed by atoms with Crippen molar-refractivity contribution in [3.8, 4) is 11.4 Å². The van der Waals surface area contributed by atoms with Gasteiger partial charge in [0.1, 0.15) is 6.54 Å². The van der Waals surface area contributed by atoms with E-state index in [-0.39, 0.29) is 31.1 Å². The third-order valence-electron chi connectivity index (χ3n) is 4.27. The van der Waals surface area contributed by atoms with Gasteiger partial charge in [0.2, 0.25) is 11.7 Å². The first-order valence-corrected chi connectivity index (χ1v) is 8.31. The molecular weight excluding hydrogens is 408 g/mol. The molecule has 0 aliphatic carbocycles. The zero-order valence-corrected chi connectivity index (χ0v) is 15.0. The van der Waals surface area contributed by atoms with Crippen LogP contribution in [-0.4, -0.2) is 46.9 Å². The highest BCUT2D eigenvalue weighted by Crippen LogP contribution is 2.32. The Labute approximate surface area is 160 Å². The summed E-state index contributed by atoms with van der Waals surface area (Å²) >= 11 is 0. The lowest BCUT2D eigenvalue weighted by Crippen LogP contribution is -2.54. The van der Waals surface area contributed by atoms with Crippen LogP contribution in [0.4, 0.5) is 26.3 Å². The van der Waals surface area contributed by atoms with Crippen molar-refractivity contribution in [1.29, 1.82) is 0 Å². The Morgan fingerprint density at radius 3 is 2.21 bits per heavy atom. The second kappa shape index (κ2) is 7.32. The fourth-order valence-electron chi connectivity index (χ4n) is 2.76. The van der Waals surface area contributed by atoms with Crippen molar-refractivity contribution in [2.45, 2.75) is 25.8 Å². The monoisotopic (exact) mass is 423 g/mol. The van der Waals surface area contributed by atoms with Crippen molar-refractivity contribution in [2.24, 2.45) is 5.41 Å². The molecule has 1 saturated heterocycles. The van der Waals surface area contributed by atoms with Gasteiger partial charge < -0.3 is 14.2 Å². The number of ether oxygens (including phenoxy) is 1. The van der Waals surface area contributed by atoms with E-state index in [1.165, 1.54) is 31.2 Å². The van der Waals surface area contributed by atoms with Crippen molar-refractivity contribution in [3.05, 3.63) is 35.7 Å².